The van der Waals surface area contributed by atoms with E-state index in [4.69, 9.17) is 9.79 Å². The average molecular weight is 217 g/mol. The number of halogens is 2. The SMILES string of the molecule is CN(C(CCF)CCF)P(=O)(O)O. The summed E-state index contributed by atoms with van der Waals surface area (Å²) in [5, 5.41) is 0. The van der Waals surface area contributed by atoms with Crippen LogP contribution < -0.4 is 0 Å². The van der Waals surface area contributed by atoms with Crippen molar-refractivity contribution in [1.82, 2.24) is 4.67 Å². The highest BCUT2D eigenvalue weighted by molar-refractivity contribution is 7.49. The number of hydrogen-bond acceptors (Lipinski definition) is 1. The van der Waals surface area contributed by atoms with E-state index in [1.165, 1.54) is 0 Å². The Labute approximate surface area is 75.8 Å². The van der Waals surface area contributed by atoms with Crippen LogP contribution in [0, 0.1) is 0 Å². The minimum absolute atomic E-state index is 0.0640. The topological polar surface area (TPSA) is 60.8 Å². The van der Waals surface area contributed by atoms with Crippen molar-refractivity contribution in [2.24, 2.45) is 0 Å². The van der Waals surface area contributed by atoms with Crippen LogP contribution in [0.5, 0.6) is 0 Å². The first-order chi connectivity index (χ1) is 5.93. The molecular formula is C6H14F2NO3P. The quantitative estimate of drug-likeness (QED) is 0.654. The molecule has 0 radical (unpaired) electrons. The molecular weight excluding hydrogens is 203 g/mol. The van der Waals surface area contributed by atoms with Crippen molar-refractivity contribution in [3.05, 3.63) is 0 Å². The third-order valence-electron chi connectivity index (χ3n) is 1.82. The zero-order chi connectivity index (χ0) is 10.5. The van der Waals surface area contributed by atoms with Gasteiger partial charge in [0.15, 0.2) is 0 Å². The van der Waals surface area contributed by atoms with Gasteiger partial charge in [-0.05, 0) is 19.9 Å². The molecule has 0 aliphatic carbocycles. The molecule has 0 aliphatic heterocycles. The van der Waals surface area contributed by atoms with Crippen LogP contribution in [0.15, 0.2) is 0 Å². The summed E-state index contributed by atoms with van der Waals surface area (Å²) in [6.45, 7) is -1.43. The maximum absolute atomic E-state index is 11.9. The summed E-state index contributed by atoms with van der Waals surface area (Å²) >= 11 is 0. The Kier molecular flexibility index (Phi) is 5.64. The first kappa shape index (κ1) is 13.0. The van der Waals surface area contributed by atoms with Crippen LogP contribution in [-0.2, 0) is 4.57 Å². The van der Waals surface area contributed by atoms with Crippen LogP contribution in [0.3, 0.4) is 0 Å². The molecule has 13 heavy (non-hydrogen) atoms. The summed E-state index contributed by atoms with van der Waals surface area (Å²) in [5.41, 5.74) is 0. The maximum Gasteiger partial charge on any atom is 0.402 e. The molecule has 0 unspecified atom stereocenters. The smallest absolute Gasteiger partial charge is 0.312 e. The summed E-state index contributed by atoms with van der Waals surface area (Å²) in [7, 11) is -3.21. The van der Waals surface area contributed by atoms with Crippen molar-refractivity contribution >= 4 is 7.75 Å². The average Bonchev–Trinajstić information content (AvgIpc) is 2.01. The molecule has 4 nitrogen and oxygen atoms in total. The fourth-order valence-electron chi connectivity index (χ4n) is 0.983. The van der Waals surface area contributed by atoms with Gasteiger partial charge in [-0.25, -0.2) is 9.24 Å². The van der Waals surface area contributed by atoms with Crippen molar-refractivity contribution in [1.29, 1.82) is 0 Å². The fraction of sp³-hybridized carbons (Fsp3) is 1.00. The van der Waals surface area contributed by atoms with Crippen LogP contribution in [0.25, 0.3) is 0 Å². The lowest BCUT2D eigenvalue weighted by molar-refractivity contribution is 0.219. The van der Waals surface area contributed by atoms with Gasteiger partial charge in [0.2, 0.25) is 0 Å². The first-order valence-electron chi connectivity index (χ1n) is 3.84. The molecule has 0 heterocycles. The van der Waals surface area contributed by atoms with Gasteiger partial charge in [0, 0.05) is 6.04 Å². The third-order valence-corrected chi connectivity index (χ3v) is 2.97. The lowest BCUT2D eigenvalue weighted by Gasteiger charge is -2.26. The monoisotopic (exact) mass is 217 g/mol. The molecule has 0 atom stereocenters. The third kappa shape index (κ3) is 4.67. The van der Waals surface area contributed by atoms with Gasteiger partial charge in [-0.15, -0.1) is 0 Å². The predicted octanol–water partition coefficient (Wildman–Crippen LogP) is 1.10. The molecule has 0 aliphatic rings. The van der Waals surface area contributed by atoms with E-state index in [2.05, 4.69) is 0 Å². The molecule has 80 valence electrons. The van der Waals surface area contributed by atoms with Crippen molar-refractivity contribution in [2.75, 3.05) is 20.4 Å². The van der Waals surface area contributed by atoms with E-state index in [9.17, 15) is 13.3 Å². The molecule has 0 saturated carbocycles. The van der Waals surface area contributed by atoms with E-state index in [0.29, 0.717) is 4.67 Å². The molecule has 2 N–H and O–H groups in total. The summed E-state index contributed by atoms with van der Waals surface area (Å²) in [6, 6.07) is -0.740. The molecule has 0 saturated heterocycles. The summed E-state index contributed by atoms with van der Waals surface area (Å²) in [4.78, 5) is 17.4. The molecule has 0 rings (SSSR count). The number of rotatable bonds is 6. The van der Waals surface area contributed by atoms with Crippen LogP contribution in [0.1, 0.15) is 12.8 Å². The molecule has 0 amide bonds. The highest BCUT2D eigenvalue weighted by Crippen LogP contribution is 2.41. The van der Waals surface area contributed by atoms with Crippen molar-refractivity contribution in [3.8, 4) is 0 Å². The van der Waals surface area contributed by atoms with Crippen molar-refractivity contribution in [2.45, 2.75) is 18.9 Å². The molecule has 7 heteroatoms. The van der Waals surface area contributed by atoms with Crippen molar-refractivity contribution < 1.29 is 23.1 Å². The number of alkyl halides is 2. The second-order valence-corrected chi connectivity index (χ2v) is 4.35. The van der Waals surface area contributed by atoms with E-state index in [-0.39, 0.29) is 12.8 Å². The first-order valence-corrected chi connectivity index (χ1v) is 5.40. The Bertz CT molecular complexity index is 181. The Hall–Kier alpha value is -0.0300. The molecule has 0 aromatic carbocycles. The second-order valence-electron chi connectivity index (χ2n) is 2.70. The van der Waals surface area contributed by atoms with Gasteiger partial charge in [-0.3, -0.25) is 8.78 Å². The van der Waals surface area contributed by atoms with Crippen LogP contribution in [0.4, 0.5) is 8.78 Å². The van der Waals surface area contributed by atoms with Gasteiger partial charge < -0.3 is 9.79 Å². The van der Waals surface area contributed by atoms with Crippen LogP contribution in [-0.4, -0.2) is 40.9 Å². The van der Waals surface area contributed by atoms with Crippen LogP contribution in [0.2, 0.25) is 0 Å². The van der Waals surface area contributed by atoms with E-state index in [1.54, 1.807) is 0 Å². The zero-order valence-corrected chi connectivity index (χ0v) is 8.25. The highest BCUT2D eigenvalue weighted by Gasteiger charge is 2.28. The predicted molar refractivity (Wildman–Crippen MR) is 44.8 cm³/mol. The summed E-state index contributed by atoms with van der Waals surface area (Å²) < 4.78 is 35.2. The molecule has 0 aromatic rings. The highest BCUT2D eigenvalue weighted by atomic mass is 31.2. The Balaban J connectivity index is 4.27. The van der Waals surface area contributed by atoms with E-state index in [0.717, 1.165) is 7.05 Å². The fourth-order valence-corrected chi connectivity index (χ4v) is 1.64. The van der Waals surface area contributed by atoms with E-state index >= 15 is 0 Å². The summed E-state index contributed by atoms with van der Waals surface area (Å²) in [5.74, 6) is 0. The van der Waals surface area contributed by atoms with Gasteiger partial charge in [0.1, 0.15) is 0 Å². The molecule has 0 aromatic heterocycles. The number of hydrogen-bond donors (Lipinski definition) is 2. The van der Waals surface area contributed by atoms with Gasteiger partial charge in [0.05, 0.1) is 13.3 Å². The Morgan fingerprint density at radius 1 is 1.31 bits per heavy atom. The maximum atomic E-state index is 11.9. The largest absolute Gasteiger partial charge is 0.402 e. The normalized spacial score (nSPS) is 12.8. The van der Waals surface area contributed by atoms with E-state index < -0.39 is 27.1 Å². The number of nitrogens with zero attached hydrogens (tertiary/aromatic N) is 1. The lowest BCUT2D eigenvalue weighted by atomic mass is 10.2. The van der Waals surface area contributed by atoms with Gasteiger partial charge in [-0.1, -0.05) is 0 Å². The second kappa shape index (κ2) is 5.65. The van der Waals surface area contributed by atoms with Gasteiger partial charge in [0.25, 0.3) is 0 Å². The molecule has 0 spiro atoms. The minimum atomic E-state index is -4.37. The Morgan fingerprint density at radius 3 is 1.92 bits per heavy atom. The lowest BCUT2D eigenvalue weighted by Crippen LogP contribution is -2.30. The molecule has 0 bridgehead atoms. The summed E-state index contributed by atoms with van der Waals surface area (Å²) in [6.07, 6.45) is -0.128. The van der Waals surface area contributed by atoms with Gasteiger partial charge in [-0.2, -0.15) is 0 Å². The van der Waals surface area contributed by atoms with E-state index in [1.807, 2.05) is 0 Å². The molecule has 0 fully saturated rings. The zero-order valence-electron chi connectivity index (χ0n) is 7.36. The standard InChI is InChI=1S/C6H14F2NO3P/c1-9(13(10,11)12)6(2-4-7)3-5-8/h6H,2-5H2,1H3,(H2,10,11,12). The van der Waals surface area contributed by atoms with Gasteiger partial charge >= 0.3 is 7.75 Å². The Morgan fingerprint density at radius 2 is 1.69 bits per heavy atom. The van der Waals surface area contributed by atoms with Crippen LogP contribution >= 0.6 is 7.75 Å². The minimum Gasteiger partial charge on any atom is -0.312 e. The van der Waals surface area contributed by atoms with Crippen molar-refractivity contribution in [3.63, 3.8) is 0 Å².